The zero-order valence-corrected chi connectivity index (χ0v) is 11.2. The summed E-state index contributed by atoms with van der Waals surface area (Å²) in [6.07, 6.45) is 1.69. The predicted octanol–water partition coefficient (Wildman–Crippen LogP) is 0.675. The van der Waals surface area contributed by atoms with Gasteiger partial charge in [0.25, 0.3) is 0 Å². The summed E-state index contributed by atoms with van der Waals surface area (Å²) in [5.74, 6) is 0.876. The van der Waals surface area contributed by atoms with Crippen LogP contribution >= 0.6 is 11.6 Å². The number of anilines is 1. The Morgan fingerprint density at radius 1 is 1.32 bits per heavy atom. The number of nitrogens with zero attached hydrogens (tertiary/aromatic N) is 5. The van der Waals surface area contributed by atoms with E-state index in [1.165, 1.54) is 0 Å². The third kappa shape index (κ3) is 2.21. The number of halogens is 1. The second-order valence-electron chi connectivity index (χ2n) is 4.44. The van der Waals surface area contributed by atoms with E-state index < -0.39 is 0 Å². The van der Waals surface area contributed by atoms with E-state index in [1.54, 1.807) is 13.1 Å². The fraction of sp³-hybridized carbons (Fsp3) is 0.455. The first-order valence-electron chi connectivity index (χ1n) is 6.02. The lowest BCUT2D eigenvalue weighted by Gasteiger charge is -2.35. The summed E-state index contributed by atoms with van der Waals surface area (Å²) in [6.45, 7) is 4.43. The van der Waals surface area contributed by atoms with Gasteiger partial charge >= 0.3 is 0 Å². The number of aromatic nitrogens is 4. The van der Waals surface area contributed by atoms with Gasteiger partial charge in [-0.15, -0.1) is 0 Å². The van der Waals surface area contributed by atoms with E-state index in [4.69, 9.17) is 11.6 Å². The molecule has 2 aromatic heterocycles. The molecule has 0 spiro atoms. The number of piperazine rings is 1. The van der Waals surface area contributed by atoms with Gasteiger partial charge in [0.15, 0.2) is 5.65 Å². The van der Waals surface area contributed by atoms with E-state index in [1.807, 2.05) is 4.90 Å². The quantitative estimate of drug-likeness (QED) is 0.777. The van der Waals surface area contributed by atoms with Crippen molar-refractivity contribution in [1.82, 2.24) is 25.1 Å². The molecule has 0 aliphatic carbocycles. The van der Waals surface area contributed by atoms with Crippen molar-refractivity contribution in [3.05, 3.63) is 11.5 Å². The Kier molecular flexibility index (Phi) is 2.98. The van der Waals surface area contributed by atoms with E-state index in [-0.39, 0.29) is 11.2 Å². The average Bonchev–Trinajstić information content (AvgIpc) is 2.85. The molecule has 0 saturated carbocycles. The molecule has 100 valence electrons. The lowest BCUT2D eigenvalue weighted by atomic mass is 10.3. The third-order valence-corrected chi connectivity index (χ3v) is 3.46. The number of fused-ring (bicyclic) bond motifs is 1. The van der Waals surface area contributed by atoms with E-state index in [9.17, 15) is 4.79 Å². The number of carbonyl (C=O) groups is 1. The van der Waals surface area contributed by atoms with Crippen LogP contribution in [0.25, 0.3) is 11.0 Å². The monoisotopic (exact) mass is 280 g/mol. The molecule has 1 aliphatic heterocycles. The standard InChI is InChI=1S/C11H13ClN6O/c1-7(19)17-2-4-18(5-3-17)10-8-6-13-16-9(8)14-11(12)15-10/h6H,2-5H2,1H3,(H,13,14,15,16). The molecule has 2 aromatic rings. The third-order valence-electron chi connectivity index (χ3n) is 3.29. The van der Waals surface area contributed by atoms with Crippen LogP contribution in [0.3, 0.4) is 0 Å². The first-order valence-corrected chi connectivity index (χ1v) is 6.40. The van der Waals surface area contributed by atoms with Gasteiger partial charge < -0.3 is 9.80 Å². The van der Waals surface area contributed by atoms with E-state index in [0.717, 1.165) is 24.3 Å². The highest BCUT2D eigenvalue weighted by Gasteiger charge is 2.22. The SMILES string of the molecule is CC(=O)N1CCN(c2nc(Cl)nc3[nH]ncc23)CC1. The second-order valence-corrected chi connectivity index (χ2v) is 4.78. The van der Waals surface area contributed by atoms with Crippen molar-refractivity contribution in [2.45, 2.75) is 6.92 Å². The van der Waals surface area contributed by atoms with Crippen LogP contribution in [0, 0.1) is 0 Å². The molecule has 8 heteroatoms. The molecule has 1 saturated heterocycles. The van der Waals surface area contributed by atoms with Gasteiger partial charge in [0.05, 0.1) is 11.6 Å². The number of carbonyl (C=O) groups excluding carboxylic acids is 1. The normalized spacial score (nSPS) is 16.1. The molecule has 0 radical (unpaired) electrons. The number of rotatable bonds is 1. The molecule has 1 amide bonds. The van der Waals surface area contributed by atoms with Gasteiger partial charge in [-0.2, -0.15) is 15.1 Å². The fourth-order valence-electron chi connectivity index (χ4n) is 2.27. The van der Waals surface area contributed by atoms with Crippen LogP contribution < -0.4 is 4.90 Å². The van der Waals surface area contributed by atoms with E-state index >= 15 is 0 Å². The minimum absolute atomic E-state index is 0.105. The molecule has 1 fully saturated rings. The van der Waals surface area contributed by atoms with Crippen molar-refractivity contribution in [1.29, 1.82) is 0 Å². The second kappa shape index (κ2) is 4.65. The summed E-state index contributed by atoms with van der Waals surface area (Å²) in [5.41, 5.74) is 0.629. The number of H-pyrrole nitrogens is 1. The Balaban J connectivity index is 1.89. The van der Waals surface area contributed by atoms with Gasteiger partial charge in [0, 0.05) is 33.1 Å². The van der Waals surface area contributed by atoms with Crippen LogP contribution in [-0.4, -0.2) is 57.2 Å². The van der Waals surface area contributed by atoms with Crippen molar-refractivity contribution in [2.75, 3.05) is 31.1 Å². The molecule has 3 heterocycles. The van der Waals surface area contributed by atoms with Crippen molar-refractivity contribution in [3.63, 3.8) is 0 Å². The van der Waals surface area contributed by atoms with Gasteiger partial charge in [-0.3, -0.25) is 9.89 Å². The van der Waals surface area contributed by atoms with Crippen molar-refractivity contribution < 1.29 is 4.79 Å². The number of hydrogen-bond acceptors (Lipinski definition) is 5. The Morgan fingerprint density at radius 3 is 2.74 bits per heavy atom. The molecule has 0 unspecified atom stereocenters. The van der Waals surface area contributed by atoms with Crippen molar-refractivity contribution in [2.24, 2.45) is 0 Å². The predicted molar refractivity (Wildman–Crippen MR) is 71.2 cm³/mol. The Morgan fingerprint density at radius 2 is 2.05 bits per heavy atom. The molecule has 1 aliphatic rings. The first-order chi connectivity index (χ1) is 9.15. The molecule has 0 bridgehead atoms. The highest BCUT2D eigenvalue weighted by Crippen LogP contribution is 2.24. The van der Waals surface area contributed by atoms with E-state index in [0.29, 0.717) is 18.7 Å². The molecule has 7 nitrogen and oxygen atoms in total. The van der Waals surface area contributed by atoms with Crippen LogP contribution in [0.2, 0.25) is 5.28 Å². The lowest BCUT2D eigenvalue weighted by molar-refractivity contribution is -0.129. The fourth-order valence-corrected chi connectivity index (χ4v) is 2.43. The Hall–Kier alpha value is -1.89. The molecule has 19 heavy (non-hydrogen) atoms. The summed E-state index contributed by atoms with van der Waals surface area (Å²) >= 11 is 5.92. The summed E-state index contributed by atoms with van der Waals surface area (Å²) < 4.78 is 0. The van der Waals surface area contributed by atoms with Crippen molar-refractivity contribution in [3.8, 4) is 0 Å². The minimum Gasteiger partial charge on any atom is -0.352 e. The highest BCUT2D eigenvalue weighted by atomic mass is 35.5. The molecular weight excluding hydrogens is 268 g/mol. The lowest BCUT2D eigenvalue weighted by Crippen LogP contribution is -2.48. The largest absolute Gasteiger partial charge is 0.352 e. The molecule has 0 atom stereocenters. The van der Waals surface area contributed by atoms with Crippen LogP contribution in [-0.2, 0) is 4.79 Å². The Labute approximate surface area is 114 Å². The summed E-state index contributed by atoms with van der Waals surface area (Å²) in [5, 5.41) is 7.80. The smallest absolute Gasteiger partial charge is 0.226 e. The minimum atomic E-state index is 0.105. The van der Waals surface area contributed by atoms with Crippen molar-refractivity contribution >= 4 is 34.4 Å². The molecule has 0 aromatic carbocycles. The molecular formula is C11H13ClN6O. The number of nitrogens with one attached hydrogen (secondary N) is 1. The summed E-state index contributed by atoms with van der Waals surface area (Å²) in [4.78, 5) is 23.6. The zero-order valence-electron chi connectivity index (χ0n) is 10.4. The van der Waals surface area contributed by atoms with E-state index in [2.05, 4.69) is 25.1 Å². The van der Waals surface area contributed by atoms with Crippen LogP contribution in [0.15, 0.2) is 6.20 Å². The van der Waals surface area contributed by atoms with Gasteiger partial charge in [-0.05, 0) is 11.6 Å². The van der Waals surface area contributed by atoms with Gasteiger partial charge in [0.2, 0.25) is 11.2 Å². The maximum Gasteiger partial charge on any atom is 0.226 e. The zero-order chi connectivity index (χ0) is 13.4. The summed E-state index contributed by atoms with van der Waals surface area (Å²) in [7, 11) is 0. The van der Waals surface area contributed by atoms with Gasteiger partial charge in [-0.1, -0.05) is 0 Å². The average molecular weight is 281 g/mol. The summed E-state index contributed by atoms with van der Waals surface area (Å²) in [6, 6.07) is 0. The van der Waals surface area contributed by atoms with Crippen LogP contribution in [0.1, 0.15) is 6.92 Å². The van der Waals surface area contributed by atoms with Gasteiger partial charge in [-0.25, -0.2) is 0 Å². The topological polar surface area (TPSA) is 78.0 Å². The maximum atomic E-state index is 11.3. The number of amides is 1. The Bertz CT molecular complexity index is 619. The molecule has 1 N–H and O–H groups in total. The number of hydrogen-bond donors (Lipinski definition) is 1. The van der Waals surface area contributed by atoms with Crippen LogP contribution in [0.5, 0.6) is 0 Å². The first kappa shape index (κ1) is 12.2. The molecule has 3 rings (SSSR count). The van der Waals surface area contributed by atoms with Crippen LogP contribution in [0.4, 0.5) is 5.82 Å². The van der Waals surface area contributed by atoms with Gasteiger partial charge in [0.1, 0.15) is 5.82 Å². The number of aromatic amines is 1. The maximum absolute atomic E-state index is 11.3. The highest BCUT2D eigenvalue weighted by molar-refractivity contribution is 6.28.